The minimum atomic E-state index is -0.441. The molecule has 3 rings (SSSR count). The molecule has 0 atom stereocenters. The molecule has 0 aromatic heterocycles. The van der Waals surface area contributed by atoms with Crippen molar-refractivity contribution in [1.82, 2.24) is 4.90 Å². The molecule has 0 unspecified atom stereocenters. The van der Waals surface area contributed by atoms with Crippen LogP contribution in [0.5, 0.6) is 0 Å². The van der Waals surface area contributed by atoms with Gasteiger partial charge >= 0.3 is 6.03 Å². The first-order valence-electron chi connectivity index (χ1n) is 7.18. The first-order chi connectivity index (χ1) is 10.1. The second kappa shape index (κ2) is 5.94. The molecule has 21 heavy (non-hydrogen) atoms. The minimum absolute atomic E-state index is 0.0707. The summed E-state index contributed by atoms with van der Waals surface area (Å²) < 4.78 is 12.3. The van der Waals surface area contributed by atoms with Crippen LogP contribution < -0.4 is 5.32 Å². The van der Waals surface area contributed by atoms with Crippen molar-refractivity contribution in [3.8, 4) is 0 Å². The van der Waals surface area contributed by atoms with Gasteiger partial charge in [-0.3, -0.25) is 0 Å². The van der Waals surface area contributed by atoms with Gasteiger partial charge in [-0.1, -0.05) is 22.0 Å². The van der Waals surface area contributed by atoms with E-state index in [4.69, 9.17) is 9.47 Å². The number of rotatable bonds is 1. The molecule has 2 amide bonds. The lowest BCUT2D eigenvalue weighted by Gasteiger charge is -2.37. The van der Waals surface area contributed by atoms with Crippen LogP contribution in [-0.2, 0) is 9.47 Å². The standard InChI is InChI=1S/C15H19BrN2O3/c1-11-2-3-12(10-13(11)16)17-14(19)18-6-4-15(5-7-18)20-8-9-21-15/h2-3,10H,4-9H2,1H3,(H,17,19). The zero-order valence-corrected chi connectivity index (χ0v) is 13.6. The summed E-state index contributed by atoms with van der Waals surface area (Å²) in [6.07, 6.45) is 1.47. The average molecular weight is 355 g/mol. The van der Waals surface area contributed by atoms with E-state index in [-0.39, 0.29) is 6.03 Å². The number of amides is 2. The van der Waals surface area contributed by atoms with Gasteiger partial charge in [0.2, 0.25) is 0 Å². The predicted molar refractivity (Wildman–Crippen MR) is 83.3 cm³/mol. The minimum Gasteiger partial charge on any atom is -0.347 e. The van der Waals surface area contributed by atoms with Gasteiger partial charge in [-0.2, -0.15) is 0 Å². The van der Waals surface area contributed by atoms with E-state index in [1.54, 1.807) is 0 Å². The third kappa shape index (κ3) is 3.22. The highest BCUT2D eigenvalue weighted by Crippen LogP contribution is 2.31. The summed E-state index contributed by atoms with van der Waals surface area (Å²) in [6, 6.07) is 5.73. The third-order valence-electron chi connectivity index (χ3n) is 4.05. The normalized spacial score (nSPS) is 20.8. The predicted octanol–water partition coefficient (Wildman–Crippen LogP) is 3.13. The molecule has 0 aliphatic carbocycles. The number of hydrogen-bond donors (Lipinski definition) is 1. The van der Waals surface area contributed by atoms with Crippen molar-refractivity contribution in [2.45, 2.75) is 25.6 Å². The Balaban J connectivity index is 1.57. The summed E-state index contributed by atoms with van der Waals surface area (Å²) in [5.41, 5.74) is 1.94. The number of carbonyl (C=O) groups excluding carboxylic acids is 1. The molecule has 1 aromatic rings. The summed E-state index contributed by atoms with van der Waals surface area (Å²) in [5.74, 6) is -0.441. The van der Waals surface area contributed by atoms with Gasteiger partial charge in [0.05, 0.1) is 13.2 Å². The van der Waals surface area contributed by atoms with E-state index in [1.165, 1.54) is 0 Å². The van der Waals surface area contributed by atoms with Gasteiger partial charge in [0.1, 0.15) is 0 Å². The third-order valence-corrected chi connectivity index (χ3v) is 4.90. The van der Waals surface area contributed by atoms with Crippen LogP contribution in [0.15, 0.2) is 22.7 Å². The molecule has 114 valence electrons. The highest BCUT2D eigenvalue weighted by atomic mass is 79.9. The number of urea groups is 1. The molecule has 1 spiro atoms. The van der Waals surface area contributed by atoms with Crippen molar-refractivity contribution in [2.75, 3.05) is 31.6 Å². The quantitative estimate of drug-likeness (QED) is 0.842. The van der Waals surface area contributed by atoms with E-state index in [0.717, 1.165) is 28.6 Å². The molecule has 0 bridgehead atoms. The smallest absolute Gasteiger partial charge is 0.321 e. The summed E-state index contributed by atoms with van der Waals surface area (Å²) in [4.78, 5) is 14.1. The zero-order chi connectivity index (χ0) is 14.9. The molecular formula is C15H19BrN2O3. The molecule has 0 radical (unpaired) electrons. The number of likely N-dealkylation sites (tertiary alicyclic amines) is 1. The van der Waals surface area contributed by atoms with Gasteiger partial charge in [-0.05, 0) is 24.6 Å². The number of piperidine rings is 1. The first kappa shape index (κ1) is 14.8. The number of anilines is 1. The van der Waals surface area contributed by atoms with Crippen molar-refractivity contribution in [3.63, 3.8) is 0 Å². The van der Waals surface area contributed by atoms with Gasteiger partial charge in [0, 0.05) is 36.1 Å². The van der Waals surface area contributed by atoms with E-state index in [2.05, 4.69) is 21.2 Å². The zero-order valence-electron chi connectivity index (χ0n) is 12.0. The molecule has 5 nitrogen and oxygen atoms in total. The Hall–Kier alpha value is -1.11. The fourth-order valence-electron chi connectivity index (χ4n) is 2.71. The summed E-state index contributed by atoms with van der Waals surface area (Å²) >= 11 is 3.47. The lowest BCUT2D eigenvalue weighted by Crippen LogP contribution is -2.48. The Morgan fingerprint density at radius 3 is 2.57 bits per heavy atom. The van der Waals surface area contributed by atoms with Crippen molar-refractivity contribution in [1.29, 1.82) is 0 Å². The molecule has 2 heterocycles. The molecule has 1 aromatic carbocycles. The summed E-state index contributed by atoms with van der Waals surface area (Å²) in [7, 11) is 0. The molecular weight excluding hydrogens is 336 g/mol. The molecule has 2 aliphatic heterocycles. The number of halogens is 1. The van der Waals surface area contributed by atoms with Crippen molar-refractivity contribution in [2.24, 2.45) is 0 Å². The second-order valence-corrected chi connectivity index (χ2v) is 6.34. The van der Waals surface area contributed by atoms with E-state index in [0.29, 0.717) is 26.3 Å². The number of benzene rings is 1. The van der Waals surface area contributed by atoms with Crippen LogP contribution in [-0.4, -0.2) is 43.0 Å². The van der Waals surface area contributed by atoms with Gasteiger partial charge in [0.25, 0.3) is 0 Å². The van der Waals surface area contributed by atoms with Crippen LogP contribution in [0.1, 0.15) is 18.4 Å². The van der Waals surface area contributed by atoms with Gasteiger partial charge in [-0.25, -0.2) is 4.79 Å². The largest absolute Gasteiger partial charge is 0.347 e. The SMILES string of the molecule is Cc1ccc(NC(=O)N2CCC3(CC2)OCCO3)cc1Br. The maximum Gasteiger partial charge on any atom is 0.321 e. The molecule has 0 saturated carbocycles. The molecule has 2 fully saturated rings. The highest BCUT2D eigenvalue weighted by Gasteiger charge is 2.40. The maximum absolute atomic E-state index is 12.3. The van der Waals surface area contributed by atoms with Crippen LogP contribution in [0.2, 0.25) is 0 Å². The van der Waals surface area contributed by atoms with Crippen molar-refractivity contribution < 1.29 is 14.3 Å². The Labute approximate surface area is 132 Å². The topological polar surface area (TPSA) is 50.8 Å². The number of nitrogens with one attached hydrogen (secondary N) is 1. The lowest BCUT2D eigenvalue weighted by atomic mass is 10.0. The second-order valence-electron chi connectivity index (χ2n) is 5.49. The number of aryl methyl sites for hydroxylation is 1. The number of nitrogens with zero attached hydrogens (tertiary/aromatic N) is 1. The van der Waals surface area contributed by atoms with E-state index < -0.39 is 5.79 Å². The van der Waals surface area contributed by atoms with Crippen LogP contribution in [0, 0.1) is 6.92 Å². The van der Waals surface area contributed by atoms with Crippen LogP contribution in [0.25, 0.3) is 0 Å². The fraction of sp³-hybridized carbons (Fsp3) is 0.533. The lowest BCUT2D eigenvalue weighted by molar-refractivity contribution is -0.181. The monoisotopic (exact) mass is 354 g/mol. The molecule has 6 heteroatoms. The van der Waals surface area contributed by atoms with Crippen molar-refractivity contribution >= 4 is 27.6 Å². The van der Waals surface area contributed by atoms with Gasteiger partial charge < -0.3 is 19.7 Å². The Bertz CT molecular complexity index is 534. The molecule has 1 N–H and O–H groups in total. The maximum atomic E-state index is 12.3. The number of hydrogen-bond acceptors (Lipinski definition) is 3. The molecule has 2 aliphatic rings. The van der Waals surface area contributed by atoms with Crippen LogP contribution in [0.4, 0.5) is 10.5 Å². The van der Waals surface area contributed by atoms with Crippen molar-refractivity contribution in [3.05, 3.63) is 28.2 Å². The van der Waals surface area contributed by atoms with E-state index >= 15 is 0 Å². The Morgan fingerprint density at radius 2 is 1.95 bits per heavy atom. The highest BCUT2D eigenvalue weighted by molar-refractivity contribution is 9.10. The number of carbonyl (C=O) groups is 1. The van der Waals surface area contributed by atoms with Crippen LogP contribution in [0.3, 0.4) is 0 Å². The summed E-state index contributed by atoms with van der Waals surface area (Å²) in [5, 5.41) is 2.93. The Morgan fingerprint density at radius 1 is 1.29 bits per heavy atom. The summed E-state index contributed by atoms with van der Waals surface area (Å²) in [6.45, 7) is 4.63. The fourth-order valence-corrected chi connectivity index (χ4v) is 3.09. The first-order valence-corrected chi connectivity index (χ1v) is 7.97. The molecule has 2 saturated heterocycles. The van der Waals surface area contributed by atoms with Crippen LogP contribution >= 0.6 is 15.9 Å². The van der Waals surface area contributed by atoms with E-state index in [1.807, 2.05) is 30.0 Å². The average Bonchev–Trinajstić information content (AvgIpc) is 2.92. The van der Waals surface area contributed by atoms with E-state index in [9.17, 15) is 4.79 Å². The van der Waals surface area contributed by atoms with Gasteiger partial charge in [-0.15, -0.1) is 0 Å². The number of ether oxygens (including phenoxy) is 2. The Kier molecular flexibility index (Phi) is 4.19. The van der Waals surface area contributed by atoms with Gasteiger partial charge in [0.15, 0.2) is 5.79 Å².